The summed E-state index contributed by atoms with van der Waals surface area (Å²) in [5, 5.41) is 0. The Balaban J connectivity index is 1.95. The van der Waals surface area contributed by atoms with Crippen molar-refractivity contribution in [2.24, 2.45) is 17.3 Å². The summed E-state index contributed by atoms with van der Waals surface area (Å²) in [5.41, 5.74) is 1.96. The number of carbonyl (C=O) groups excluding carboxylic acids is 1. The van der Waals surface area contributed by atoms with Crippen molar-refractivity contribution in [1.82, 2.24) is 0 Å². The Morgan fingerprint density at radius 3 is 2.50 bits per heavy atom. The van der Waals surface area contributed by atoms with Crippen LogP contribution in [0.4, 0.5) is 0 Å². The van der Waals surface area contributed by atoms with Crippen molar-refractivity contribution in [2.75, 3.05) is 7.11 Å². The molecule has 3 rings (SSSR count). The topological polar surface area (TPSA) is 26.3 Å². The summed E-state index contributed by atoms with van der Waals surface area (Å²) in [6.07, 6.45) is 3.07. The molecule has 0 amide bonds. The maximum atomic E-state index is 13.0. The number of ketones is 1. The molecule has 0 aliphatic heterocycles. The van der Waals surface area contributed by atoms with Crippen LogP contribution in [0, 0.1) is 17.3 Å². The van der Waals surface area contributed by atoms with Gasteiger partial charge in [-0.1, -0.05) is 35.8 Å². The van der Waals surface area contributed by atoms with Gasteiger partial charge in [-0.3, -0.25) is 4.79 Å². The molecule has 3 heteroatoms. The fourth-order valence-electron chi connectivity index (χ4n) is 4.55. The Kier molecular flexibility index (Phi) is 3.54. The van der Waals surface area contributed by atoms with E-state index in [-0.39, 0.29) is 11.5 Å². The van der Waals surface area contributed by atoms with E-state index in [1.54, 1.807) is 7.11 Å². The van der Waals surface area contributed by atoms with E-state index < -0.39 is 0 Å². The van der Waals surface area contributed by atoms with Gasteiger partial charge in [0.2, 0.25) is 0 Å². The second kappa shape index (κ2) is 4.96. The average Bonchev–Trinajstić information content (AvgIpc) is 2.63. The van der Waals surface area contributed by atoms with Crippen molar-refractivity contribution in [1.29, 1.82) is 0 Å². The minimum atomic E-state index is -0.184. The molecule has 1 saturated carbocycles. The van der Waals surface area contributed by atoms with Crippen LogP contribution in [0.3, 0.4) is 0 Å². The number of hydrogen-bond acceptors (Lipinski definition) is 2. The predicted octanol–water partition coefficient (Wildman–Crippen LogP) is 4.26. The van der Waals surface area contributed by atoms with Gasteiger partial charge in [-0.05, 0) is 48.8 Å². The molecule has 108 valence electrons. The van der Waals surface area contributed by atoms with Crippen molar-refractivity contribution >= 4 is 21.7 Å². The third-order valence-electron chi connectivity index (χ3n) is 5.15. The standard InChI is InChI=1S/C17H21BrO2/c1-10-7-17(8-11(2)15(10)20-3)9-12-4-5-13(18)6-14(12)16(17)19/h4-6,10-11,15H,7-9H2,1-3H3/t10-,11-,15?,17?/m0/s1. The highest BCUT2D eigenvalue weighted by atomic mass is 79.9. The molecule has 0 unspecified atom stereocenters. The van der Waals surface area contributed by atoms with Gasteiger partial charge in [-0.15, -0.1) is 0 Å². The lowest BCUT2D eigenvalue weighted by atomic mass is 9.63. The van der Waals surface area contributed by atoms with Crippen LogP contribution in [-0.2, 0) is 11.2 Å². The van der Waals surface area contributed by atoms with Crippen LogP contribution in [0.5, 0.6) is 0 Å². The van der Waals surface area contributed by atoms with Gasteiger partial charge in [0.05, 0.1) is 6.10 Å². The first kappa shape index (κ1) is 14.3. The number of Topliss-reactive ketones (excluding diaryl/α,β-unsaturated/α-hetero) is 1. The highest BCUT2D eigenvalue weighted by Crippen LogP contribution is 2.51. The molecule has 20 heavy (non-hydrogen) atoms. The first-order chi connectivity index (χ1) is 9.47. The minimum absolute atomic E-state index is 0.184. The molecule has 0 N–H and O–H groups in total. The number of fused-ring (bicyclic) bond motifs is 1. The molecular weight excluding hydrogens is 316 g/mol. The highest BCUT2D eigenvalue weighted by molar-refractivity contribution is 9.10. The predicted molar refractivity (Wildman–Crippen MR) is 83.0 cm³/mol. The van der Waals surface area contributed by atoms with E-state index in [2.05, 4.69) is 35.8 Å². The summed E-state index contributed by atoms with van der Waals surface area (Å²) in [7, 11) is 1.79. The van der Waals surface area contributed by atoms with Crippen LogP contribution in [0.25, 0.3) is 0 Å². The number of ether oxygens (including phenoxy) is 1. The third kappa shape index (κ3) is 2.06. The van der Waals surface area contributed by atoms with Gasteiger partial charge >= 0.3 is 0 Å². The average molecular weight is 337 g/mol. The van der Waals surface area contributed by atoms with E-state index in [4.69, 9.17) is 4.74 Å². The largest absolute Gasteiger partial charge is 0.381 e. The third-order valence-corrected chi connectivity index (χ3v) is 5.64. The maximum Gasteiger partial charge on any atom is 0.169 e. The van der Waals surface area contributed by atoms with Crippen molar-refractivity contribution < 1.29 is 9.53 Å². The lowest BCUT2D eigenvalue weighted by Crippen LogP contribution is -2.44. The normalized spacial score (nSPS) is 36.4. The van der Waals surface area contributed by atoms with E-state index in [0.717, 1.165) is 29.3 Å². The number of hydrogen-bond donors (Lipinski definition) is 0. The lowest BCUT2D eigenvalue weighted by molar-refractivity contribution is -0.0426. The van der Waals surface area contributed by atoms with E-state index in [0.29, 0.717) is 17.6 Å². The molecule has 0 heterocycles. The van der Waals surface area contributed by atoms with Gasteiger partial charge in [-0.25, -0.2) is 0 Å². The van der Waals surface area contributed by atoms with E-state index in [1.807, 2.05) is 12.1 Å². The molecule has 0 saturated heterocycles. The SMILES string of the molecule is COC1[C@@H](C)CC2(Cc3ccc(Br)cc3C2=O)C[C@@H]1C. The second-order valence-electron chi connectivity index (χ2n) is 6.65. The molecule has 0 bridgehead atoms. The molecule has 0 radical (unpaired) electrons. The number of rotatable bonds is 1. The van der Waals surface area contributed by atoms with Crippen molar-refractivity contribution in [3.8, 4) is 0 Å². The summed E-state index contributed by atoms with van der Waals surface area (Å²) >= 11 is 3.48. The van der Waals surface area contributed by atoms with Gasteiger partial charge in [0.25, 0.3) is 0 Å². The Bertz CT molecular complexity index is 540. The van der Waals surface area contributed by atoms with E-state index in [9.17, 15) is 4.79 Å². The van der Waals surface area contributed by atoms with Crippen LogP contribution in [0.15, 0.2) is 22.7 Å². The fourth-order valence-corrected chi connectivity index (χ4v) is 4.91. The second-order valence-corrected chi connectivity index (χ2v) is 7.57. The van der Waals surface area contributed by atoms with Crippen LogP contribution in [0.2, 0.25) is 0 Å². The molecule has 2 nitrogen and oxygen atoms in total. The Morgan fingerprint density at radius 1 is 1.25 bits per heavy atom. The molecule has 2 aliphatic rings. The van der Waals surface area contributed by atoms with Crippen molar-refractivity contribution in [3.05, 3.63) is 33.8 Å². The van der Waals surface area contributed by atoms with Gasteiger partial charge in [0.1, 0.15) is 0 Å². The zero-order valence-corrected chi connectivity index (χ0v) is 13.9. The first-order valence-corrected chi connectivity index (χ1v) is 8.12. The molecule has 2 aliphatic carbocycles. The Labute approximate surface area is 129 Å². The van der Waals surface area contributed by atoms with Gasteiger partial charge < -0.3 is 4.74 Å². The smallest absolute Gasteiger partial charge is 0.169 e. The summed E-state index contributed by atoms with van der Waals surface area (Å²) in [4.78, 5) is 13.0. The zero-order chi connectivity index (χ0) is 14.5. The Morgan fingerprint density at radius 2 is 1.90 bits per heavy atom. The van der Waals surface area contributed by atoms with Crippen LogP contribution in [-0.4, -0.2) is 19.0 Å². The van der Waals surface area contributed by atoms with E-state index in [1.165, 1.54) is 5.56 Å². The quantitative estimate of drug-likeness (QED) is 0.766. The van der Waals surface area contributed by atoms with Crippen LogP contribution >= 0.6 is 15.9 Å². The summed E-state index contributed by atoms with van der Waals surface area (Å²) in [5.74, 6) is 1.22. The first-order valence-electron chi connectivity index (χ1n) is 7.33. The fraction of sp³-hybridized carbons (Fsp3) is 0.588. The molecule has 1 aromatic carbocycles. The molecular formula is C17H21BrO2. The van der Waals surface area contributed by atoms with Gasteiger partial charge in [-0.2, -0.15) is 0 Å². The highest BCUT2D eigenvalue weighted by Gasteiger charge is 2.51. The Hall–Kier alpha value is -0.670. The van der Waals surface area contributed by atoms with Crippen LogP contribution in [0.1, 0.15) is 42.6 Å². The van der Waals surface area contributed by atoms with Crippen molar-refractivity contribution in [3.63, 3.8) is 0 Å². The molecule has 1 aromatic rings. The van der Waals surface area contributed by atoms with Gasteiger partial charge in [0, 0.05) is 22.6 Å². The van der Waals surface area contributed by atoms with Crippen LogP contribution < -0.4 is 0 Å². The summed E-state index contributed by atoms with van der Waals surface area (Å²) in [6.45, 7) is 4.44. The molecule has 1 fully saturated rings. The lowest BCUT2D eigenvalue weighted by Gasteiger charge is -2.43. The molecule has 2 atom stereocenters. The maximum absolute atomic E-state index is 13.0. The van der Waals surface area contributed by atoms with E-state index >= 15 is 0 Å². The monoisotopic (exact) mass is 336 g/mol. The summed E-state index contributed by atoms with van der Waals surface area (Å²) < 4.78 is 6.62. The molecule has 1 spiro atoms. The van der Waals surface area contributed by atoms with Gasteiger partial charge in [0.15, 0.2) is 5.78 Å². The number of methoxy groups -OCH3 is 1. The zero-order valence-electron chi connectivity index (χ0n) is 12.3. The number of carbonyl (C=O) groups is 1. The molecule has 0 aromatic heterocycles. The minimum Gasteiger partial charge on any atom is -0.381 e. The number of halogens is 1. The summed E-state index contributed by atoms with van der Waals surface area (Å²) in [6, 6.07) is 6.13. The number of benzene rings is 1. The van der Waals surface area contributed by atoms with Crippen molar-refractivity contribution in [2.45, 2.75) is 39.2 Å².